The summed E-state index contributed by atoms with van der Waals surface area (Å²) in [6, 6.07) is 1.40. The van der Waals surface area contributed by atoms with E-state index in [1.54, 1.807) is 0 Å². The van der Waals surface area contributed by atoms with E-state index < -0.39 is 4.92 Å². The van der Waals surface area contributed by atoms with E-state index in [9.17, 15) is 14.9 Å². The molecule has 0 radical (unpaired) electrons. The molecule has 1 aromatic heterocycles. The Balaban J connectivity index is 2.16. The fraction of sp³-hybridized carbons (Fsp3) is 0.643. The van der Waals surface area contributed by atoms with Gasteiger partial charge in [-0.1, -0.05) is 19.3 Å². The number of rotatable bonds is 5. The van der Waals surface area contributed by atoms with Gasteiger partial charge in [-0.15, -0.1) is 11.3 Å². The lowest BCUT2D eigenvalue weighted by Crippen LogP contribution is -2.26. The van der Waals surface area contributed by atoms with E-state index >= 15 is 0 Å². The number of Topliss-reactive ketones (excluding diaryl/α,β-unsaturated/α-hetero) is 1. The van der Waals surface area contributed by atoms with Gasteiger partial charge in [0, 0.05) is 19.7 Å². The third-order valence-electron chi connectivity index (χ3n) is 3.84. The second-order valence-corrected chi connectivity index (χ2v) is 6.53. The van der Waals surface area contributed by atoms with Crippen molar-refractivity contribution < 1.29 is 9.72 Å². The molecule has 6 heteroatoms. The lowest BCUT2D eigenvalue weighted by molar-refractivity contribution is -0.383. The van der Waals surface area contributed by atoms with E-state index in [-0.39, 0.29) is 11.5 Å². The lowest BCUT2D eigenvalue weighted by Gasteiger charge is -2.27. The van der Waals surface area contributed by atoms with E-state index in [0.29, 0.717) is 15.8 Å². The van der Waals surface area contributed by atoms with Crippen LogP contribution in [0.3, 0.4) is 0 Å². The highest BCUT2D eigenvalue weighted by Crippen LogP contribution is 2.38. The molecule has 0 amide bonds. The topological polar surface area (TPSA) is 63.4 Å². The lowest BCUT2D eigenvalue weighted by atomic mass is 9.89. The minimum atomic E-state index is -0.393. The van der Waals surface area contributed by atoms with Gasteiger partial charge < -0.3 is 4.90 Å². The highest BCUT2D eigenvalue weighted by atomic mass is 32.1. The van der Waals surface area contributed by atoms with Crippen LogP contribution in [0.15, 0.2) is 6.07 Å². The maximum Gasteiger partial charge on any atom is 0.304 e. The largest absolute Gasteiger partial charge is 0.361 e. The zero-order valence-corrected chi connectivity index (χ0v) is 12.7. The van der Waals surface area contributed by atoms with Crippen LogP contribution in [0.25, 0.3) is 0 Å². The zero-order chi connectivity index (χ0) is 14.7. The molecule has 0 N–H and O–H groups in total. The van der Waals surface area contributed by atoms with Crippen LogP contribution < -0.4 is 4.90 Å². The van der Waals surface area contributed by atoms with E-state index in [2.05, 4.69) is 0 Å². The van der Waals surface area contributed by atoms with Gasteiger partial charge >= 0.3 is 5.69 Å². The number of hydrogen-bond donors (Lipinski definition) is 0. The third-order valence-corrected chi connectivity index (χ3v) is 5.18. The van der Waals surface area contributed by atoms with Gasteiger partial charge in [-0.05, 0) is 25.7 Å². The molecule has 1 heterocycles. The van der Waals surface area contributed by atoms with Crippen LogP contribution in [0.1, 0.15) is 48.7 Å². The first-order valence-corrected chi connectivity index (χ1v) is 7.81. The van der Waals surface area contributed by atoms with Crippen molar-refractivity contribution in [1.82, 2.24) is 0 Å². The van der Waals surface area contributed by atoms with E-state index in [1.807, 2.05) is 11.9 Å². The van der Waals surface area contributed by atoms with Crippen LogP contribution >= 0.6 is 11.3 Å². The number of nitrogens with zero attached hydrogens (tertiary/aromatic N) is 2. The number of nitro groups is 1. The van der Waals surface area contributed by atoms with Crippen molar-refractivity contribution in [3.05, 3.63) is 21.1 Å². The summed E-state index contributed by atoms with van der Waals surface area (Å²) < 4.78 is 0. The van der Waals surface area contributed by atoms with Gasteiger partial charge in [-0.25, -0.2) is 0 Å². The second-order valence-electron chi connectivity index (χ2n) is 5.50. The molecule has 110 valence electrons. The minimum Gasteiger partial charge on any atom is -0.361 e. The van der Waals surface area contributed by atoms with Crippen molar-refractivity contribution in [2.75, 3.05) is 18.5 Å². The van der Waals surface area contributed by atoms with E-state index in [0.717, 1.165) is 6.54 Å². The van der Waals surface area contributed by atoms with Gasteiger partial charge in [-0.2, -0.15) is 0 Å². The predicted molar refractivity (Wildman–Crippen MR) is 80.8 cm³/mol. The second kappa shape index (κ2) is 6.35. The molecular weight excluding hydrogens is 276 g/mol. The van der Waals surface area contributed by atoms with Crippen LogP contribution in [0.5, 0.6) is 0 Å². The Hall–Kier alpha value is -1.43. The molecule has 0 unspecified atom stereocenters. The summed E-state index contributed by atoms with van der Waals surface area (Å²) >= 11 is 1.23. The Bertz CT molecular complexity index is 507. The molecule has 0 atom stereocenters. The van der Waals surface area contributed by atoms with Gasteiger partial charge in [0.15, 0.2) is 10.8 Å². The summed E-state index contributed by atoms with van der Waals surface area (Å²) in [5.74, 6) is 0.492. The molecular formula is C14H20N2O3S. The quantitative estimate of drug-likeness (QED) is 0.470. The molecule has 0 saturated heterocycles. The van der Waals surface area contributed by atoms with Gasteiger partial charge in [-0.3, -0.25) is 14.9 Å². The normalized spacial score (nSPS) is 16.1. The Morgan fingerprint density at radius 1 is 1.45 bits per heavy atom. The third kappa shape index (κ3) is 3.36. The van der Waals surface area contributed by atoms with Crippen molar-refractivity contribution in [1.29, 1.82) is 0 Å². The molecule has 0 spiro atoms. The van der Waals surface area contributed by atoms with Crippen molar-refractivity contribution >= 4 is 27.8 Å². The average Bonchev–Trinajstić information content (AvgIpc) is 2.85. The number of ketones is 1. The zero-order valence-electron chi connectivity index (χ0n) is 11.9. The SMILES string of the molecule is CC(=O)c1cc([N+](=O)[O-])c(N(C)CC2CCCCC2)s1. The Kier molecular flexibility index (Phi) is 4.75. The first-order chi connectivity index (χ1) is 9.49. The number of carbonyl (C=O) groups is 1. The van der Waals surface area contributed by atoms with Gasteiger partial charge in [0.1, 0.15) is 0 Å². The van der Waals surface area contributed by atoms with Crippen molar-refractivity contribution in [2.45, 2.75) is 39.0 Å². The molecule has 20 heavy (non-hydrogen) atoms. The molecule has 0 aliphatic heterocycles. The van der Waals surface area contributed by atoms with Crippen LogP contribution in [0.4, 0.5) is 10.7 Å². The van der Waals surface area contributed by atoms with Crippen molar-refractivity contribution in [3.8, 4) is 0 Å². The molecule has 1 saturated carbocycles. The molecule has 0 aromatic carbocycles. The average molecular weight is 296 g/mol. The highest BCUT2D eigenvalue weighted by Gasteiger charge is 2.25. The predicted octanol–water partition coefficient (Wildman–Crippen LogP) is 3.88. The van der Waals surface area contributed by atoms with Crippen LogP contribution in [0, 0.1) is 16.0 Å². The first-order valence-electron chi connectivity index (χ1n) is 6.99. The Labute approximate surface area is 122 Å². The summed E-state index contributed by atoms with van der Waals surface area (Å²) in [5, 5.41) is 11.7. The molecule has 1 aromatic rings. The fourth-order valence-corrected chi connectivity index (χ4v) is 3.78. The van der Waals surface area contributed by atoms with Crippen molar-refractivity contribution in [2.24, 2.45) is 5.92 Å². The minimum absolute atomic E-state index is 0.0542. The van der Waals surface area contributed by atoms with E-state index in [1.165, 1.54) is 56.4 Å². The summed E-state index contributed by atoms with van der Waals surface area (Å²) in [7, 11) is 1.89. The van der Waals surface area contributed by atoms with Gasteiger partial charge in [0.2, 0.25) is 0 Å². The van der Waals surface area contributed by atoms with Crippen LogP contribution in [-0.4, -0.2) is 24.3 Å². The Morgan fingerprint density at radius 3 is 2.65 bits per heavy atom. The molecule has 1 fully saturated rings. The first kappa shape index (κ1) is 15.0. The smallest absolute Gasteiger partial charge is 0.304 e. The Morgan fingerprint density at radius 2 is 2.10 bits per heavy atom. The molecule has 0 bridgehead atoms. The number of carbonyl (C=O) groups excluding carboxylic acids is 1. The molecule has 2 rings (SSSR count). The molecule has 1 aliphatic carbocycles. The monoisotopic (exact) mass is 296 g/mol. The maximum atomic E-state index is 11.4. The number of thiophene rings is 1. The highest BCUT2D eigenvalue weighted by molar-refractivity contribution is 7.18. The standard InChI is InChI=1S/C14H20N2O3S/c1-10(17)13-8-12(16(18)19)14(20-13)15(2)9-11-6-4-3-5-7-11/h8,11H,3-7,9H2,1-2H3. The van der Waals surface area contributed by atoms with Crippen molar-refractivity contribution in [3.63, 3.8) is 0 Å². The molecule has 5 nitrogen and oxygen atoms in total. The summed E-state index contributed by atoms with van der Waals surface area (Å²) in [4.78, 5) is 24.6. The van der Waals surface area contributed by atoms with Crippen LogP contribution in [0.2, 0.25) is 0 Å². The van der Waals surface area contributed by atoms with E-state index in [4.69, 9.17) is 0 Å². The molecule has 1 aliphatic rings. The summed E-state index contributed by atoms with van der Waals surface area (Å²) in [6.07, 6.45) is 6.20. The maximum absolute atomic E-state index is 11.4. The van der Waals surface area contributed by atoms with Crippen LogP contribution in [-0.2, 0) is 0 Å². The fourth-order valence-electron chi connectivity index (χ4n) is 2.79. The van der Waals surface area contributed by atoms with Gasteiger partial charge in [0.05, 0.1) is 9.80 Å². The number of anilines is 1. The summed E-state index contributed by atoms with van der Waals surface area (Å²) in [6.45, 7) is 2.28. The summed E-state index contributed by atoms with van der Waals surface area (Å²) in [5.41, 5.74) is 0.0542. The number of hydrogen-bond acceptors (Lipinski definition) is 5. The van der Waals surface area contributed by atoms with Gasteiger partial charge in [0.25, 0.3) is 0 Å².